The van der Waals surface area contributed by atoms with Crippen molar-refractivity contribution in [2.75, 3.05) is 0 Å². The van der Waals surface area contributed by atoms with Crippen molar-refractivity contribution in [1.29, 1.82) is 0 Å². The first-order valence-electron chi connectivity index (χ1n) is 7.27. The van der Waals surface area contributed by atoms with Crippen LogP contribution in [0.4, 0.5) is 0 Å². The predicted molar refractivity (Wildman–Crippen MR) is 93.8 cm³/mol. The van der Waals surface area contributed by atoms with Crippen molar-refractivity contribution in [2.45, 2.75) is 32.6 Å². The molecule has 0 aliphatic rings. The fraction of sp³-hybridized carbons (Fsp3) is 0.294. The van der Waals surface area contributed by atoms with E-state index in [1.54, 1.807) is 11.3 Å². The summed E-state index contributed by atoms with van der Waals surface area (Å²) in [7, 11) is 0. The summed E-state index contributed by atoms with van der Waals surface area (Å²) < 4.78 is 1.10. The van der Waals surface area contributed by atoms with Crippen LogP contribution in [0.5, 0.6) is 0 Å². The third-order valence-corrected chi connectivity index (χ3v) is 5.20. The number of unbranched alkanes of at least 4 members (excludes halogenated alkanes) is 2. The number of aryl methyl sites for hydroxylation is 1. The van der Waals surface area contributed by atoms with Crippen molar-refractivity contribution in [3.05, 3.63) is 45.2 Å². The quantitative estimate of drug-likeness (QED) is 0.533. The first-order valence-corrected chi connectivity index (χ1v) is 9.00. The van der Waals surface area contributed by atoms with Crippen molar-refractivity contribution < 1.29 is 0 Å². The van der Waals surface area contributed by atoms with Gasteiger partial charge in [0.2, 0.25) is 0 Å². The highest BCUT2D eigenvalue weighted by Gasteiger charge is 2.09. The molecule has 0 atom stereocenters. The topological polar surface area (TPSA) is 25.8 Å². The number of halogens is 1. The molecule has 0 spiro atoms. The highest BCUT2D eigenvalue weighted by atomic mass is 79.9. The second-order valence-electron chi connectivity index (χ2n) is 5.16. The molecule has 0 radical (unpaired) electrons. The maximum Gasteiger partial charge on any atom is 0.0941 e. The maximum atomic E-state index is 4.38. The fourth-order valence-electron chi connectivity index (χ4n) is 2.42. The van der Waals surface area contributed by atoms with Crippen LogP contribution < -0.4 is 0 Å². The number of fused-ring (bicyclic) bond motifs is 1. The molecule has 0 aliphatic heterocycles. The third-order valence-electron chi connectivity index (χ3n) is 3.64. The van der Waals surface area contributed by atoms with E-state index in [-0.39, 0.29) is 0 Å². The first kappa shape index (κ1) is 14.7. The Morgan fingerprint density at radius 3 is 2.76 bits per heavy atom. The summed E-state index contributed by atoms with van der Waals surface area (Å²) in [6.45, 7) is 2.22. The Balaban J connectivity index is 2.00. The minimum Gasteiger partial charge on any atom is -0.154 e. The molecule has 21 heavy (non-hydrogen) atoms. The van der Waals surface area contributed by atoms with Gasteiger partial charge in [-0.2, -0.15) is 21.5 Å². The van der Waals surface area contributed by atoms with Crippen molar-refractivity contribution in [2.24, 2.45) is 0 Å². The molecule has 0 bridgehead atoms. The molecule has 0 aliphatic carbocycles. The Kier molecular flexibility index (Phi) is 4.66. The van der Waals surface area contributed by atoms with Crippen LogP contribution in [0.2, 0.25) is 0 Å². The summed E-state index contributed by atoms with van der Waals surface area (Å²) in [6.07, 6.45) is 4.61. The number of hydrogen-bond acceptors (Lipinski definition) is 3. The molecule has 3 rings (SSSR count). The molecule has 0 N–H and O–H groups in total. The van der Waals surface area contributed by atoms with Gasteiger partial charge < -0.3 is 0 Å². The maximum absolute atomic E-state index is 4.38. The van der Waals surface area contributed by atoms with E-state index < -0.39 is 0 Å². The Labute approximate surface area is 137 Å². The van der Waals surface area contributed by atoms with Gasteiger partial charge in [-0.3, -0.25) is 0 Å². The van der Waals surface area contributed by atoms with E-state index in [9.17, 15) is 0 Å². The summed E-state index contributed by atoms with van der Waals surface area (Å²) in [6, 6.07) is 8.52. The minimum atomic E-state index is 0.945. The Morgan fingerprint density at radius 1 is 1.10 bits per heavy atom. The number of thiophene rings is 1. The summed E-state index contributed by atoms with van der Waals surface area (Å²) >= 11 is 5.45. The smallest absolute Gasteiger partial charge is 0.0941 e. The van der Waals surface area contributed by atoms with Crippen LogP contribution in [0.25, 0.3) is 22.0 Å². The molecule has 3 aromatic rings. The van der Waals surface area contributed by atoms with Crippen molar-refractivity contribution >= 4 is 38.2 Å². The van der Waals surface area contributed by atoms with Crippen LogP contribution >= 0.6 is 27.3 Å². The zero-order valence-corrected chi connectivity index (χ0v) is 14.4. The zero-order chi connectivity index (χ0) is 14.7. The van der Waals surface area contributed by atoms with Crippen LogP contribution in [-0.4, -0.2) is 10.2 Å². The molecule has 0 fully saturated rings. The highest BCUT2D eigenvalue weighted by molar-refractivity contribution is 9.10. The Morgan fingerprint density at radius 2 is 2.00 bits per heavy atom. The Bertz CT molecular complexity index is 738. The molecular weight excluding hydrogens is 344 g/mol. The van der Waals surface area contributed by atoms with Crippen LogP contribution in [0.1, 0.15) is 31.9 Å². The molecule has 4 heteroatoms. The largest absolute Gasteiger partial charge is 0.154 e. The number of benzene rings is 1. The van der Waals surface area contributed by atoms with E-state index in [0.717, 1.165) is 27.5 Å². The van der Waals surface area contributed by atoms with Gasteiger partial charge in [0.05, 0.1) is 15.7 Å². The summed E-state index contributed by atoms with van der Waals surface area (Å²) in [5, 5.41) is 14.2. The molecule has 0 unspecified atom stereocenters. The highest BCUT2D eigenvalue weighted by Crippen LogP contribution is 2.31. The van der Waals surface area contributed by atoms with Crippen molar-refractivity contribution in [3.63, 3.8) is 0 Å². The van der Waals surface area contributed by atoms with Crippen molar-refractivity contribution in [1.82, 2.24) is 10.2 Å². The molecule has 0 saturated heterocycles. The lowest BCUT2D eigenvalue weighted by atomic mass is 10.1. The van der Waals surface area contributed by atoms with Crippen LogP contribution in [0, 0.1) is 0 Å². The summed E-state index contributed by atoms with van der Waals surface area (Å²) in [5.41, 5.74) is 4.51. The van der Waals surface area contributed by atoms with Gasteiger partial charge in [-0.25, -0.2) is 0 Å². The van der Waals surface area contributed by atoms with Gasteiger partial charge in [0.15, 0.2) is 0 Å². The van der Waals surface area contributed by atoms with Crippen LogP contribution in [0.15, 0.2) is 39.5 Å². The van der Waals surface area contributed by atoms with E-state index >= 15 is 0 Å². The van der Waals surface area contributed by atoms with E-state index in [1.165, 1.54) is 30.4 Å². The third kappa shape index (κ3) is 3.16. The molecule has 108 valence electrons. The molecule has 0 saturated carbocycles. The van der Waals surface area contributed by atoms with Gasteiger partial charge in [-0.1, -0.05) is 25.8 Å². The molecule has 1 aromatic carbocycles. The van der Waals surface area contributed by atoms with Crippen molar-refractivity contribution in [3.8, 4) is 11.1 Å². The molecule has 0 amide bonds. The Hall–Kier alpha value is -1.26. The lowest BCUT2D eigenvalue weighted by Gasteiger charge is -2.07. The summed E-state index contributed by atoms with van der Waals surface area (Å²) in [4.78, 5) is 0. The second kappa shape index (κ2) is 6.67. The monoisotopic (exact) mass is 360 g/mol. The lowest BCUT2D eigenvalue weighted by molar-refractivity contribution is 0.699. The predicted octanol–water partition coefficient (Wildman–Crippen LogP) is 5.85. The van der Waals surface area contributed by atoms with Gasteiger partial charge >= 0.3 is 0 Å². The lowest BCUT2D eigenvalue weighted by Crippen LogP contribution is -1.97. The van der Waals surface area contributed by atoms with E-state index in [4.69, 9.17) is 0 Å². The number of aromatic nitrogens is 2. The normalized spacial score (nSPS) is 11.1. The zero-order valence-electron chi connectivity index (χ0n) is 12.0. The van der Waals surface area contributed by atoms with E-state index in [0.29, 0.717) is 0 Å². The second-order valence-corrected chi connectivity index (χ2v) is 6.73. The van der Waals surface area contributed by atoms with Crippen LogP contribution in [-0.2, 0) is 6.42 Å². The fourth-order valence-corrected chi connectivity index (χ4v) is 3.68. The summed E-state index contributed by atoms with van der Waals surface area (Å²) in [5.74, 6) is 0. The van der Waals surface area contributed by atoms with Gasteiger partial charge in [-0.15, -0.1) is 0 Å². The van der Waals surface area contributed by atoms with Gasteiger partial charge in [0.25, 0.3) is 0 Å². The number of nitrogens with zero attached hydrogens (tertiary/aromatic N) is 2. The van der Waals surface area contributed by atoms with E-state index in [2.05, 4.69) is 68.1 Å². The minimum absolute atomic E-state index is 0.945. The van der Waals surface area contributed by atoms with Gasteiger partial charge in [-0.05, 0) is 68.9 Å². The molecule has 2 aromatic heterocycles. The SMILES string of the molecule is CCCCCc1nnc2ccc(-c3ccsc3)cc2c1Br. The first-order chi connectivity index (χ1) is 10.3. The average Bonchev–Trinajstić information content (AvgIpc) is 3.04. The number of hydrogen-bond donors (Lipinski definition) is 0. The van der Waals surface area contributed by atoms with E-state index in [1.807, 2.05) is 0 Å². The molecule has 2 heterocycles. The van der Waals surface area contributed by atoms with Gasteiger partial charge in [0, 0.05) is 5.39 Å². The van der Waals surface area contributed by atoms with Gasteiger partial charge in [0.1, 0.15) is 0 Å². The average molecular weight is 361 g/mol. The van der Waals surface area contributed by atoms with Crippen LogP contribution in [0.3, 0.4) is 0 Å². The number of rotatable bonds is 5. The standard InChI is InChI=1S/C17H17BrN2S/c1-2-3-4-5-16-17(18)14-10-12(13-8-9-21-11-13)6-7-15(14)19-20-16/h6-11H,2-5H2,1H3. The molecular formula is C17H17BrN2S. The molecule has 2 nitrogen and oxygen atoms in total.